The van der Waals surface area contributed by atoms with Crippen molar-refractivity contribution in [2.24, 2.45) is 5.73 Å². The Morgan fingerprint density at radius 1 is 1.04 bits per heavy atom. The van der Waals surface area contributed by atoms with Crippen molar-refractivity contribution in [2.75, 3.05) is 25.5 Å². The highest BCUT2D eigenvalue weighted by Gasteiger charge is 2.03. The molecule has 0 radical (unpaired) electrons. The Bertz CT molecular complexity index is 466. The molecule has 1 aromatic rings. The van der Waals surface area contributed by atoms with Gasteiger partial charge in [-0.05, 0) is 43.7 Å². The first kappa shape index (κ1) is 21.2. The third kappa shape index (κ3) is 9.76. The van der Waals surface area contributed by atoms with E-state index in [1.54, 1.807) is 31.3 Å². The zero-order chi connectivity index (χ0) is 16.2. The molecule has 0 aliphatic rings. The van der Waals surface area contributed by atoms with Crippen molar-refractivity contribution in [3.63, 3.8) is 0 Å². The van der Waals surface area contributed by atoms with Crippen molar-refractivity contribution >= 4 is 29.9 Å². The number of ether oxygens (including phenoxy) is 1. The number of carbonyl (C=O) groups excluding carboxylic acids is 2. The van der Waals surface area contributed by atoms with E-state index in [0.29, 0.717) is 18.7 Å². The number of carbonyl (C=O) groups is 2. The number of anilines is 1. The molecular weight excluding hydrogens is 318 g/mol. The van der Waals surface area contributed by atoms with Gasteiger partial charge in [-0.15, -0.1) is 12.4 Å². The van der Waals surface area contributed by atoms with E-state index in [0.717, 1.165) is 31.4 Å². The van der Waals surface area contributed by atoms with Crippen LogP contribution < -0.4 is 21.1 Å². The van der Waals surface area contributed by atoms with Gasteiger partial charge >= 0.3 is 0 Å². The summed E-state index contributed by atoms with van der Waals surface area (Å²) in [6.07, 6.45) is 4.50. The molecular formula is C16H26ClN3O3. The van der Waals surface area contributed by atoms with E-state index in [1.807, 2.05) is 0 Å². The predicted molar refractivity (Wildman–Crippen MR) is 94.0 cm³/mol. The lowest BCUT2D eigenvalue weighted by atomic mass is 10.1. The van der Waals surface area contributed by atoms with Crippen LogP contribution in [0, 0.1) is 0 Å². The van der Waals surface area contributed by atoms with E-state index in [9.17, 15) is 9.59 Å². The SMILES string of the molecule is CNC(=O)COc1ccc(NC(=O)CCCCCCN)cc1.Cl. The molecule has 2 amide bonds. The van der Waals surface area contributed by atoms with E-state index in [-0.39, 0.29) is 30.8 Å². The first-order valence-electron chi connectivity index (χ1n) is 7.59. The molecule has 0 fully saturated rings. The van der Waals surface area contributed by atoms with Crippen molar-refractivity contribution in [2.45, 2.75) is 32.1 Å². The maximum atomic E-state index is 11.8. The maximum Gasteiger partial charge on any atom is 0.257 e. The van der Waals surface area contributed by atoms with Crippen molar-refractivity contribution in [1.29, 1.82) is 0 Å². The Hall–Kier alpha value is -1.79. The van der Waals surface area contributed by atoms with Crippen LogP contribution in [0.25, 0.3) is 0 Å². The van der Waals surface area contributed by atoms with Gasteiger partial charge in [0.25, 0.3) is 5.91 Å². The average Bonchev–Trinajstić information content (AvgIpc) is 2.53. The van der Waals surface area contributed by atoms with Gasteiger partial charge in [0.2, 0.25) is 5.91 Å². The lowest BCUT2D eigenvalue weighted by Crippen LogP contribution is -2.24. The van der Waals surface area contributed by atoms with Gasteiger partial charge in [-0.1, -0.05) is 12.8 Å². The van der Waals surface area contributed by atoms with Crippen LogP contribution in [0.1, 0.15) is 32.1 Å². The van der Waals surface area contributed by atoms with Crippen LogP contribution >= 0.6 is 12.4 Å². The zero-order valence-corrected chi connectivity index (χ0v) is 14.3. The summed E-state index contributed by atoms with van der Waals surface area (Å²) in [5.41, 5.74) is 6.14. The first-order chi connectivity index (χ1) is 10.7. The molecule has 4 N–H and O–H groups in total. The Balaban J connectivity index is 0.00000484. The molecule has 130 valence electrons. The molecule has 0 atom stereocenters. The average molecular weight is 344 g/mol. The number of hydrogen-bond acceptors (Lipinski definition) is 4. The second kappa shape index (κ2) is 12.7. The Morgan fingerprint density at radius 2 is 1.70 bits per heavy atom. The fourth-order valence-corrected chi connectivity index (χ4v) is 1.86. The van der Waals surface area contributed by atoms with Gasteiger partial charge in [0.1, 0.15) is 5.75 Å². The van der Waals surface area contributed by atoms with Crippen LogP contribution in [-0.2, 0) is 9.59 Å². The molecule has 0 heterocycles. The van der Waals surface area contributed by atoms with Crippen LogP contribution in [0.4, 0.5) is 5.69 Å². The molecule has 0 unspecified atom stereocenters. The van der Waals surface area contributed by atoms with E-state index < -0.39 is 0 Å². The quantitative estimate of drug-likeness (QED) is 0.567. The number of amides is 2. The highest BCUT2D eigenvalue weighted by molar-refractivity contribution is 5.90. The monoisotopic (exact) mass is 343 g/mol. The number of hydrogen-bond donors (Lipinski definition) is 3. The summed E-state index contributed by atoms with van der Waals surface area (Å²) < 4.78 is 5.29. The molecule has 0 aromatic heterocycles. The van der Waals surface area contributed by atoms with Crippen molar-refractivity contribution in [3.05, 3.63) is 24.3 Å². The largest absolute Gasteiger partial charge is 0.484 e. The summed E-state index contributed by atoms with van der Waals surface area (Å²) in [5, 5.41) is 5.31. The molecule has 0 spiro atoms. The molecule has 0 aliphatic heterocycles. The third-order valence-corrected chi connectivity index (χ3v) is 3.14. The highest BCUT2D eigenvalue weighted by Crippen LogP contribution is 2.16. The summed E-state index contributed by atoms with van der Waals surface area (Å²) in [4.78, 5) is 22.8. The number of unbranched alkanes of at least 4 members (excludes halogenated alkanes) is 3. The second-order valence-electron chi connectivity index (χ2n) is 4.99. The first-order valence-corrected chi connectivity index (χ1v) is 7.59. The van der Waals surface area contributed by atoms with Crippen molar-refractivity contribution < 1.29 is 14.3 Å². The minimum absolute atomic E-state index is 0. The molecule has 0 saturated carbocycles. The van der Waals surface area contributed by atoms with Gasteiger partial charge in [0.15, 0.2) is 6.61 Å². The van der Waals surface area contributed by atoms with Gasteiger partial charge in [-0.25, -0.2) is 0 Å². The third-order valence-electron chi connectivity index (χ3n) is 3.14. The van der Waals surface area contributed by atoms with Gasteiger partial charge in [0.05, 0.1) is 0 Å². The molecule has 0 aliphatic carbocycles. The van der Waals surface area contributed by atoms with Gasteiger partial charge in [-0.2, -0.15) is 0 Å². The summed E-state index contributed by atoms with van der Waals surface area (Å²) in [7, 11) is 1.56. The summed E-state index contributed by atoms with van der Waals surface area (Å²) in [5.74, 6) is 0.405. The molecule has 7 heteroatoms. The van der Waals surface area contributed by atoms with E-state index in [4.69, 9.17) is 10.5 Å². The van der Waals surface area contributed by atoms with E-state index >= 15 is 0 Å². The van der Waals surface area contributed by atoms with Crippen LogP contribution in [0.15, 0.2) is 24.3 Å². The molecule has 23 heavy (non-hydrogen) atoms. The van der Waals surface area contributed by atoms with Crippen LogP contribution in [0.2, 0.25) is 0 Å². The number of benzene rings is 1. The fourth-order valence-electron chi connectivity index (χ4n) is 1.86. The summed E-state index contributed by atoms with van der Waals surface area (Å²) >= 11 is 0. The van der Waals surface area contributed by atoms with E-state index in [1.165, 1.54) is 0 Å². The second-order valence-corrected chi connectivity index (χ2v) is 4.99. The molecule has 1 aromatic carbocycles. The minimum Gasteiger partial charge on any atom is -0.484 e. The van der Waals surface area contributed by atoms with E-state index in [2.05, 4.69) is 10.6 Å². The fraction of sp³-hybridized carbons (Fsp3) is 0.500. The zero-order valence-electron chi connectivity index (χ0n) is 13.5. The lowest BCUT2D eigenvalue weighted by molar-refractivity contribution is -0.122. The number of nitrogens with two attached hydrogens (primary N) is 1. The van der Waals surface area contributed by atoms with Crippen LogP contribution in [0.5, 0.6) is 5.75 Å². The Labute approximate surface area is 143 Å². The number of likely N-dealkylation sites (N-methyl/N-ethyl adjacent to an activating group) is 1. The lowest BCUT2D eigenvalue weighted by Gasteiger charge is -2.08. The molecule has 6 nitrogen and oxygen atoms in total. The standard InChI is InChI=1S/C16H25N3O3.ClH/c1-18-16(21)12-22-14-9-7-13(8-10-14)19-15(20)6-4-2-3-5-11-17;/h7-10H,2-6,11-12,17H2,1H3,(H,18,21)(H,19,20);1H. The Kier molecular flexibility index (Phi) is 11.7. The molecule has 0 bridgehead atoms. The van der Waals surface area contributed by atoms with Crippen LogP contribution in [0.3, 0.4) is 0 Å². The molecule has 0 saturated heterocycles. The Morgan fingerprint density at radius 3 is 2.30 bits per heavy atom. The summed E-state index contributed by atoms with van der Waals surface area (Å²) in [6, 6.07) is 6.95. The van der Waals surface area contributed by atoms with Gasteiger partial charge in [-0.3, -0.25) is 9.59 Å². The van der Waals surface area contributed by atoms with Gasteiger partial charge in [0, 0.05) is 19.2 Å². The van der Waals surface area contributed by atoms with Crippen molar-refractivity contribution in [3.8, 4) is 5.75 Å². The maximum absolute atomic E-state index is 11.8. The molecule has 1 rings (SSSR count). The smallest absolute Gasteiger partial charge is 0.257 e. The topological polar surface area (TPSA) is 93.5 Å². The number of rotatable bonds is 10. The number of nitrogens with one attached hydrogen (secondary N) is 2. The van der Waals surface area contributed by atoms with Gasteiger partial charge < -0.3 is 21.1 Å². The predicted octanol–water partition coefficient (Wildman–Crippen LogP) is 2.08. The van der Waals surface area contributed by atoms with Crippen molar-refractivity contribution in [1.82, 2.24) is 5.32 Å². The summed E-state index contributed by atoms with van der Waals surface area (Å²) in [6.45, 7) is 0.686. The highest BCUT2D eigenvalue weighted by atomic mass is 35.5. The number of halogens is 1. The van der Waals surface area contributed by atoms with Crippen LogP contribution in [-0.4, -0.2) is 32.0 Å². The normalized spacial score (nSPS) is 9.65. The minimum atomic E-state index is -0.188.